The molecule has 4 amide bonds. The van der Waals surface area contributed by atoms with Crippen LogP contribution < -0.4 is 16.0 Å². The van der Waals surface area contributed by atoms with Crippen molar-refractivity contribution in [2.45, 2.75) is 86.0 Å². The summed E-state index contributed by atoms with van der Waals surface area (Å²) in [6.45, 7) is 15.4. The molecule has 1 aromatic carbocycles. The molecule has 4 atom stereocenters. The van der Waals surface area contributed by atoms with Crippen LogP contribution in [0.1, 0.15) is 61.0 Å². The van der Waals surface area contributed by atoms with Crippen LogP contribution in [0.3, 0.4) is 0 Å². The average molecular weight is 576 g/mol. The van der Waals surface area contributed by atoms with Crippen LogP contribution in [0.15, 0.2) is 24.3 Å². The standard InChI is InChI=1S/C31H53N5O5/c1-18(2)24(32-9)28(38)34-25(19(3)4)30(40)36(11)27(21(7)8)31(41)35(10)26(20(5)6)29(39)33-17-16-22-12-14-23(37)15-13-22/h12-15,18-21,24-27,32,37H,16-17H2,1-11H3,(H,33,39)(H,34,38)/t24-,25-,26-,27-/m0/s1. The lowest BCUT2D eigenvalue weighted by Gasteiger charge is -2.39. The highest BCUT2D eigenvalue weighted by Crippen LogP contribution is 2.20. The lowest BCUT2D eigenvalue weighted by molar-refractivity contribution is -0.151. The number of benzene rings is 1. The molecule has 0 radical (unpaired) electrons. The second kappa shape index (κ2) is 16.3. The zero-order valence-corrected chi connectivity index (χ0v) is 26.8. The molecule has 0 aliphatic carbocycles. The zero-order chi connectivity index (χ0) is 31.6. The van der Waals surface area contributed by atoms with Gasteiger partial charge in [0.05, 0.1) is 6.04 Å². The number of phenolic OH excluding ortho intramolecular Hbond substituents is 1. The first kappa shape index (κ1) is 35.9. The summed E-state index contributed by atoms with van der Waals surface area (Å²) in [5.41, 5.74) is 0.967. The summed E-state index contributed by atoms with van der Waals surface area (Å²) in [5.74, 6) is -1.65. The summed E-state index contributed by atoms with van der Waals surface area (Å²) in [6, 6.07) is 3.95. The summed E-state index contributed by atoms with van der Waals surface area (Å²) in [4.78, 5) is 56.7. The van der Waals surface area contributed by atoms with E-state index in [4.69, 9.17) is 0 Å². The molecule has 1 rings (SSSR count). The van der Waals surface area contributed by atoms with Crippen LogP contribution in [0, 0.1) is 23.7 Å². The van der Waals surface area contributed by atoms with Crippen molar-refractivity contribution in [3.8, 4) is 5.75 Å². The van der Waals surface area contributed by atoms with Gasteiger partial charge in [0.25, 0.3) is 0 Å². The summed E-state index contributed by atoms with van der Waals surface area (Å²) in [7, 11) is 4.89. The summed E-state index contributed by atoms with van der Waals surface area (Å²) in [5, 5.41) is 18.3. The highest BCUT2D eigenvalue weighted by atomic mass is 16.3. The van der Waals surface area contributed by atoms with E-state index >= 15 is 0 Å². The SMILES string of the molecule is CN[C@H](C(=O)N[C@H](C(=O)N(C)[C@H](C(=O)N(C)[C@H](C(=O)NCCc1ccc(O)cc1)C(C)C)C(C)C)C(C)C)C(C)C. The van der Waals surface area contributed by atoms with E-state index in [0.717, 1.165) is 5.56 Å². The first-order valence-corrected chi connectivity index (χ1v) is 14.6. The largest absolute Gasteiger partial charge is 0.508 e. The Morgan fingerprint density at radius 3 is 1.63 bits per heavy atom. The number of rotatable bonds is 15. The predicted octanol–water partition coefficient (Wildman–Crippen LogP) is 2.40. The van der Waals surface area contributed by atoms with Crippen LogP contribution in [-0.4, -0.2) is 90.4 Å². The lowest BCUT2D eigenvalue weighted by atomic mass is 9.95. The minimum atomic E-state index is -0.832. The fraction of sp³-hybridized carbons (Fsp3) is 0.677. The molecule has 232 valence electrons. The van der Waals surface area contributed by atoms with Crippen LogP contribution in [0.2, 0.25) is 0 Å². The Hall–Kier alpha value is -3.14. The van der Waals surface area contributed by atoms with Gasteiger partial charge in [0.15, 0.2) is 0 Å². The minimum Gasteiger partial charge on any atom is -0.508 e. The normalized spacial score (nSPS) is 14.5. The van der Waals surface area contributed by atoms with Crippen LogP contribution in [0.25, 0.3) is 0 Å². The molecular formula is C31H53N5O5. The Balaban J connectivity index is 3.09. The Morgan fingerprint density at radius 1 is 0.707 bits per heavy atom. The number of carbonyl (C=O) groups excluding carboxylic acids is 4. The third-order valence-corrected chi connectivity index (χ3v) is 7.45. The Morgan fingerprint density at radius 2 is 1.20 bits per heavy atom. The Kier molecular flexibility index (Phi) is 14.3. The van der Waals surface area contributed by atoms with Crippen LogP contribution in [-0.2, 0) is 25.6 Å². The van der Waals surface area contributed by atoms with Crippen molar-refractivity contribution < 1.29 is 24.3 Å². The zero-order valence-electron chi connectivity index (χ0n) is 26.8. The maximum Gasteiger partial charge on any atom is 0.246 e. The molecule has 10 heteroatoms. The minimum absolute atomic E-state index is 0.0273. The van der Waals surface area contributed by atoms with Crippen LogP contribution in [0.4, 0.5) is 0 Å². The van der Waals surface area contributed by atoms with Crippen molar-refractivity contribution in [1.29, 1.82) is 0 Å². The molecule has 0 fully saturated rings. The quantitative estimate of drug-likeness (QED) is 0.254. The van der Waals surface area contributed by atoms with Gasteiger partial charge in [0, 0.05) is 20.6 Å². The predicted molar refractivity (Wildman–Crippen MR) is 162 cm³/mol. The Labute approximate surface area is 246 Å². The molecule has 4 N–H and O–H groups in total. The van der Waals surface area contributed by atoms with Gasteiger partial charge < -0.3 is 30.9 Å². The number of carbonyl (C=O) groups is 4. The molecular weight excluding hydrogens is 522 g/mol. The van der Waals surface area contributed by atoms with E-state index in [-0.39, 0.29) is 53.0 Å². The van der Waals surface area contributed by atoms with Crippen molar-refractivity contribution in [1.82, 2.24) is 25.8 Å². The molecule has 0 spiro atoms. The first-order valence-electron chi connectivity index (χ1n) is 14.6. The van der Waals surface area contributed by atoms with E-state index in [1.807, 2.05) is 55.4 Å². The van der Waals surface area contributed by atoms with Gasteiger partial charge in [-0.2, -0.15) is 0 Å². The van der Waals surface area contributed by atoms with E-state index in [0.29, 0.717) is 13.0 Å². The van der Waals surface area contributed by atoms with E-state index in [2.05, 4.69) is 16.0 Å². The average Bonchev–Trinajstić information content (AvgIpc) is 2.87. The van der Waals surface area contributed by atoms with Crippen molar-refractivity contribution in [2.75, 3.05) is 27.7 Å². The molecule has 0 saturated heterocycles. The van der Waals surface area contributed by atoms with Gasteiger partial charge in [-0.25, -0.2) is 0 Å². The van der Waals surface area contributed by atoms with Crippen molar-refractivity contribution in [3.63, 3.8) is 0 Å². The van der Waals surface area contributed by atoms with Crippen molar-refractivity contribution in [3.05, 3.63) is 29.8 Å². The molecule has 41 heavy (non-hydrogen) atoms. The maximum absolute atomic E-state index is 13.9. The highest BCUT2D eigenvalue weighted by molar-refractivity contribution is 5.95. The first-order chi connectivity index (χ1) is 19.0. The van der Waals surface area contributed by atoms with Gasteiger partial charge in [0.2, 0.25) is 23.6 Å². The van der Waals surface area contributed by atoms with Gasteiger partial charge >= 0.3 is 0 Å². The highest BCUT2D eigenvalue weighted by Gasteiger charge is 2.40. The van der Waals surface area contributed by atoms with E-state index in [9.17, 15) is 24.3 Å². The number of aromatic hydroxyl groups is 1. The monoisotopic (exact) mass is 575 g/mol. The van der Waals surface area contributed by atoms with Gasteiger partial charge in [-0.05, 0) is 54.8 Å². The molecule has 0 aliphatic heterocycles. The molecule has 0 heterocycles. The molecule has 1 aromatic rings. The number of nitrogens with one attached hydrogen (secondary N) is 3. The molecule has 10 nitrogen and oxygen atoms in total. The number of phenols is 1. The van der Waals surface area contributed by atoms with Gasteiger partial charge in [-0.1, -0.05) is 67.5 Å². The summed E-state index contributed by atoms with van der Waals surface area (Å²) >= 11 is 0. The van der Waals surface area contributed by atoms with Gasteiger partial charge in [-0.15, -0.1) is 0 Å². The molecule has 0 unspecified atom stereocenters. The molecule has 0 saturated carbocycles. The van der Waals surface area contributed by atoms with Crippen molar-refractivity contribution >= 4 is 23.6 Å². The fourth-order valence-corrected chi connectivity index (χ4v) is 5.15. The van der Waals surface area contributed by atoms with Crippen LogP contribution in [0.5, 0.6) is 5.75 Å². The van der Waals surface area contributed by atoms with Gasteiger partial charge in [0.1, 0.15) is 23.9 Å². The second-order valence-electron chi connectivity index (χ2n) is 12.2. The van der Waals surface area contributed by atoms with E-state index < -0.39 is 24.2 Å². The number of amides is 4. The van der Waals surface area contributed by atoms with Crippen LogP contribution >= 0.6 is 0 Å². The number of hydrogen-bond donors (Lipinski definition) is 4. The third kappa shape index (κ3) is 10.0. The topological polar surface area (TPSA) is 131 Å². The van der Waals surface area contributed by atoms with Gasteiger partial charge in [-0.3, -0.25) is 19.2 Å². The number of nitrogens with zero attached hydrogens (tertiary/aromatic N) is 2. The summed E-state index contributed by atoms with van der Waals surface area (Å²) in [6.07, 6.45) is 0.577. The molecule has 0 aromatic heterocycles. The number of likely N-dealkylation sites (N-methyl/N-ethyl adjacent to an activating group) is 3. The van der Waals surface area contributed by atoms with E-state index in [1.54, 1.807) is 45.4 Å². The van der Waals surface area contributed by atoms with Crippen molar-refractivity contribution in [2.24, 2.45) is 23.7 Å². The third-order valence-electron chi connectivity index (χ3n) is 7.45. The Bertz CT molecular complexity index is 1010. The maximum atomic E-state index is 13.9. The molecule has 0 bridgehead atoms. The summed E-state index contributed by atoms with van der Waals surface area (Å²) < 4.78 is 0. The van der Waals surface area contributed by atoms with E-state index in [1.165, 1.54) is 9.80 Å². The smallest absolute Gasteiger partial charge is 0.246 e. The number of hydrogen-bond acceptors (Lipinski definition) is 6. The fourth-order valence-electron chi connectivity index (χ4n) is 5.15. The molecule has 0 aliphatic rings. The lowest BCUT2D eigenvalue weighted by Crippen LogP contribution is -2.61. The second-order valence-corrected chi connectivity index (χ2v) is 12.2.